The molecular weight excluding hydrogens is 252 g/mol. The second kappa shape index (κ2) is 7.68. The number of hydrogen-bond donors (Lipinski definition) is 1. The predicted molar refractivity (Wildman–Crippen MR) is 78.7 cm³/mol. The number of rotatable bonds is 7. The van der Waals surface area contributed by atoms with Gasteiger partial charge in [0, 0.05) is 6.61 Å². The molecule has 0 bridgehead atoms. The van der Waals surface area contributed by atoms with Gasteiger partial charge in [-0.3, -0.25) is 0 Å². The maximum Gasteiger partial charge on any atom is 0.120 e. The van der Waals surface area contributed by atoms with Gasteiger partial charge in [-0.15, -0.1) is 0 Å². The van der Waals surface area contributed by atoms with E-state index in [4.69, 9.17) is 9.47 Å². The maximum atomic E-state index is 9.98. The fourth-order valence-electron chi connectivity index (χ4n) is 1.88. The van der Waals surface area contributed by atoms with E-state index in [-0.39, 0.29) is 0 Å². The van der Waals surface area contributed by atoms with Crippen molar-refractivity contribution in [3.05, 3.63) is 65.7 Å². The van der Waals surface area contributed by atoms with Crippen LogP contribution in [0.15, 0.2) is 54.6 Å². The first-order valence-corrected chi connectivity index (χ1v) is 6.82. The fraction of sp³-hybridized carbons (Fsp3) is 0.294. The van der Waals surface area contributed by atoms with Gasteiger partial charge in [0.25, 0.3) is 0 Å². The molecular formula is C17H20O3. The Morgan fingerprint density at radius 3 is 2.60 bits per heavy atom. The summed E-state index contributed by atoms with van der Waals surface area (Å²) in [7, 11) is 0. The van der Waals surface area contributed by atoms with Gasteiger partial charge < -0.3 is 14.6 Å². The van der Waals surface area contributed by atoms with Gasteiger partial charge in [0.15, 0.2) is 0 Å². The Morgan fingerprint density at radius 2 is 1.85 bits per heavy atom. The highest BCUT2D eigenvalue weighted by Gasteiger charge is 2.08. The molecule has 2 aromatic rings. The van der Waals surface area contributed by atoms with Gasteiger partial charge in [-0.05, 0) is 30.2 Å². The predicted octanol–water partition coefficient (Wildman–Crippen LogP) is 3.34. The zero-order chi connectivity index (χ0) is 14.2. The van der Waals surface area contributed by atoms with E-state index in [2.05, 4.69) is 0 Å². The lowest BCUT2D eigenvalue weighted by Crippen LogP contribution is -2.07. The van der Waals surface area contributed by atoms with Crippen LogP contribution in [0.25, 0.3) is 0 Å². The van der Waals surface area contributed by atoms with Crippen LogP contribution in [0.3, 0.4) is 0 Å². The molecule has 0 aliphatic rings. The van der Waals surface area contributed by atoms with E-state index in [1.807, 2.05) is 61.5 Å². The van der Waals surface area contributed by atoms with Gasteiger partial charge in [0.2, 0.25) is 0 Å². The third-order valence-electron chi connectivity index (χ3n) is 2.97. The number of hydrogen-bond acceptors (Lipinski definition) is 3. The molecule has 0 aliphatic carbocycles. The summed E-state index contributed by atoms with van der Waals surface area (Å²) in [4.78, 5) is 0. The number of ether oxygens (including phenoxy) is 2. The molecule has 2 rings (SSSR count). The second-order valence-electron chi connectivity index (χ2n) is 4.52. The van der Waals surface area contributed by atoms with Gasteiger partial charge in [-0.25, -0.2) is 0 Å². The molecule has 0 radical (unpaired) electrons. The quantitative estimate of drug-likeness (QED) is 0.840. The van der Waals surface area contributed by atoms with Crippen molar-refractivity contribution < 1.29 is 14.6 Å². The largest absolute Gasteiger partial charge is 0.489 e. The van der Waals surface area contributed by atoms with E-state index in [0.29, 0.717) is 19.8 Å². The number of benzene rings is 2. The molecule has 1 atom stereocenters. The summed E-state index contributed by atoms with van der Waals surface area (Å²) in [5.41, 5.74) is 1.93. The molecule has 106 valence electrons. The molecule has 1 unspecified atom stereocenters. The Labute approximate surface area is 119 Å². The topological polar surface area (TPSA) is 38.7 Å². The van der Waals surface area contributed by atoms with E-state index < -0.39 is 6.10 Å². The van der Waals surface area contributed by atoms with Crippen LogP contribution in [0.5, 0.6) is 5.75 Å². The van der Waals surface area contributed by atoms with Crippen molar-refractivity contribution in [1.29, 1.82) is 0 Å². The Kier molecular flexibility index (Phi) is 5.59. The molecule has 2 aromatic carbocycles. The SMILES string of the molecule is CCOCC(O)c1cccc(OCc2ccccc2)c1. The monoisotopic (exact) mass is 272 g/mol. The third kappa shape index (κ3) is 4.37. The number of aliphatic hydroxyl groups excluding tert-OH is 1. The summed E-state index contributed by atoms with van der Waals surface area (Å²) in [6.07, 6.45) is -0.616. The van der Waals surface area contributed by atoms with Crippen molar-refractivity contribution in [1.82, 2.24) is 0 Å². The summed E-state index contributed by atoms with van der Waals surface area (Å²) in [5.74, 6) is 0.752. The van der Waals surface area contributed by atoms with Crippen molar-refractivity contribution in [2.75, 3.05) is 13.2 Å². The van der Waals surface area contributed by atoms with E-state index >= 15 is 0 Å². The summed E-state index contributed by atoms with van der Waals surface area (Å²) in [6, 6.07) is 17.5. The van der Waals surface area contributed by atoms with Crippen LogP contribution < -0.4 is 4.74 Å². The van der Waals surface area contributed by atoms with Gasteiger partial charge in [-0.2, -0.15) is 0 Å². The van der Waals surface area contributed by atoms with E-state index in [1.54, 1.807) is 0 Å². The summed E-state index contributed by atoms with van der Waals surface area (Å²) in [6.45, 7) is 3.33. The smallest absolute Gasteiger partial charge is 0.120 e. The van der Waals surface area contributed by atoms with Crippen LogP contribution >= 0.6 is 0 Å². The zero-order valence-electron chi connectivity index (χ0n) is 11.7. The van der Waals surface area contributed by atoms with Crippen molar-refractivity contribution in [2.24, 2.45) is 0 Å². The van der Waals surface area contributed by atoms with Crippen molar-refractivity contribution >= 4 is 0 Å². The lowest BCUT2D eigenvalue weighted by molar-refractivity contribution is 0.0419. The van der Waals surface area contributed by atoms with Crippen molar-refractivity contribution in [2.45, 2.75) is 19.6 Å². The highest BCUT2D eigenvalue weighted by atomic mass is 16.5. The molecule has 0 spiro atoms. The van der Waals surface area contributed by atoms with Gasteiger partial charge in [-0.1, -0.05) is 42.5 Å². The minimum Gasteiger partial charge on any atom is -0.489 e. The first-order valence-electron chi connectivity index (χ1n) is 6.82. The third-order valence-corrected chi connectivity index (χ3v) is 2.97. The van der Waals surface area contributed by atoms with Crippen LogP contribution in [0.1, 0.15) is 24.2 Å². The lowest BCUT2D eigenvalue weighted by Gasteiger charge is -2.13. The molecule has 3 heteroatoms. The van der Waals surface area contributed by atoms with Crippen LogP contribution in [-0.2, 0) is 11.3 Å². The molecule has 3 nitrogen and oxygen atoms in total. The van der Waals surface area contributed by atoms with E-state index in [9.17, 15) is 5.11 Å². The van der Waals surface area contributed by atoms with Crippen LogP contribution in [0.4, 0.5) is 0 Å². The summed E-state index contributed by atoms with van der Waals surface area (Å²) >= 11 is 0. The maximum absolute atomic E-state index is 9.98. The molecule has 0 heterocycles. The average Bonchev–Trinajstić information content (AvgIpc) is 2.52. The second-order valence-corrected chi connectivity index (χ2v) is 4.52. The Morgan fingerprint density at radius 1 is 1.05 bits per heavy atom. The van der Waals surface area contributed by atoms with Crippen LogP contribution in [-0.4, -0.2) is 18.3 Å². The lowest BCUT2D eigenvalue weighted by atomic mass is 10.1. The van der Waals surface area contributed by atoms with Crippen molar-refractivity contribution in [3.63, 3.8) is 0 Å². The van der Waals surface area contributed by atoms with Crippen molar-refractivity contribution in [3.8, 4) is 5.75 Å². The first-order chi connectivity index (χ1) is 9.79. The molecule has 0 aromatic heterocycles. The Hall–Kier alpha value is -1.84. The molecule has 0 aliphatic heterocycles. The van der Waals surface area contributed by atoms with Gasteiger partial charge >= 0.3 is 0 Å². The molecule has 0 fully saturated rings. The molecule has 0 saturated carbocycles. The molecule has 1 N–H and O–H groups in total. The minimum atomic E-state index is -0.616. The highest BCUT2D eigenvalue weighted by Crippen LogP contribution is 2.20. The molecule has 20 heavy (non-hydrogen) atoms. The van der Waals surface area contributed by atoms with Gasteiger partial charge in [0.05, 0.1) is 6.61 Å². The average molecular weight is 272 g/mol. The summed E-state index contributed by atoms with van der Waals surface area (Å²) < 4.78 is 11.0. The van der Waals surface area contributed by atoms with E-state index in [1.165, 1.54) is 0 Å². The number of aliphatic hydroxyl groups is 1. The minimum absolute atomic E-state index is 0.304. The van der Waals surface area contributed by atoms with Crippen LogP contribution in [0.2, 0.25) is 0 Å². The summed E-state index contributed by atoms with van der Waals surface area (Å²) in [5, 5.41) is 9.98. The Bertz CT molecular complexity index is 511. The van der Waals surface area contributed by atoms with Crippen LogP contribution in [0, 0.1) is 0 Å². The standard InChI is InChI=1S/C17H20O3/c1-2-19-13-17(18)15-9-6-10-16(11-15)20-12-14-7-4-3-5-8-14/h3-11,17-18H,2,12-13H2,1H3. The van der Waals surface area contributed by atoms with E-state index in [0.717, 1.165) is 16.9 Å². The Balaban J connectivity index is 1.95. The fourth-order valence-corrected chi connectivity index (χ4v) is 1.88. The normalized spacial score (nSPS) is 12.1. The molecule has 0 saturated heterocycles. The highest BCUT2D eigenvalue weighted by molar-refractivity contribution is 5.30. The molecule has 0 amide bonds. The van der Waals surface area contributed by atoms with Gasteiger partial charge in [0.1, 0.15) is 18.5 Å². The zero-order valence-corrected chi connectivity index (χ0v) is 11.7. The first kappa shape index (κ1) is 14.6.